The van der Waals surface area contributed by atoms with Gasteiger partial charge in [-0.1, -0.05) is 34.5 Å². The molecule has 4 rings (SSSR count). The van der Waals surface area contributed by atoms with Crippen molar-refractivity contribution in [2.75, 3.05) is 18.4 Å². The van der Waals surface area contributed by atoms with E-state index in [-0.39, 0.29) is 16.7 Å². The molecular formula is C18H17Cl2N3O3S3. The summed E-state index contributed by atoms with van der Waals surface area (Å²) in [7, 11) is -3.65. The van der Waals surface area contributed by atoms with E-state index >= 15 is 0 Å². The van der Waals surface area contributed by atoms with Crippen LogP contribution < -0.4 is 5.32 Å². The molecule has 6 nitrogen and oxygen atoms in total. The molecule has 1 aliphatic rings. The SMILES string of the molecule is Cc1cc(Cl)cc2sc(NC(=O)C3CCCN(S(=O)(=O)c4ccc(Cl)s4)C3)nc12. The van der Waals surface area contributed by atoms with Crippen LogP contribution >= 0.6 is 45.9 Å². The zero-order chi connectivity index (χ0) is 20.8. The Hall–Kier alpha value is -1.23. The predicted molar refractivity (Wildman–Crippen MR) is 119 cm³/mol. The van der Waals surface area contributed by atoms with E-state index in [1.54, 1.807) is 6.07 Å². The molecule has 1 unspecified atom stereocenters. The van der Waals surface area contributed by atoms with E-state index in [1.165, 1.54) is 21.7 Å². The third-order valence-electron chi connectivity index (χ3n) is 4.78. The highest BCUT2D eigenvalue weighted by molar-refractivity contribution is 7.91. The maximum absolute atomic E-state index is 12.8. The number of aromatic nitrogens is 1. The summed E-state index contributed by atoms with van der Waals surface area (Å²) in [5.41, 5.74) is 1.74. The lowest BCUT2D eigenvalue weighted by atomic mass is 9.99. The van der Waals surface area contributed by atoms with Gasteiger partial charge in [0.15, 0.2) is 5.13 Å². The van der Waals surface area contributed by atoms with Crippen molar-refractivity contribution in [1.29, 1.82) is 0 Å². The van der Waals surface area contributed by atoms with Crippen LogP contribution in [0, 0.1) is 12.8 Å². The predicted octanol–water partition coefficient (Wildman–Crippen LogP) is 5.01. The molecule has 154 valence electrons. The number of halogens is 2. The molecule has 1 fully saturated rings. The molecular weight excluding hydrogens is 473 g/mol. The zero-order valence-corrected chi connectivity index (χ0v) is 19.3. The Morgan fingerprint density at radius 1 is 1.28 bits per heavy atom. The Morgan fingerprint density at radius 2 is 2.07 bits per heavy atom. The van der Waals surface area contributed by atoms with E-state index in [0.29, 0.717) is 33.9 Å². The highest BCUT2D eigenvalue weighted by Gasteiger charge is 2.34. The molecule has 1 amide bonds. The summed E-state index contributed by atoms with van der Waals surface area (Å²) in [5, 5.41) is 3.96. The Morgan fingerprint density at radius 3 is 2.79 bits per heavy atom. The highest BCUT2D eigenvalue weighted by Crippen LogP contribution is 2.33. The van der Waals surface area contributed by atoms with Gasteiger partial charge in [-0.25, -0.2) is 13.4 Å². The number of nitrogens with one attached hydrogen (secondary N) is 1. The molecule has 2 aromatic heterocycles. The zero-order valence-electron chi connectivity index (χ0n) is 15.3. The number of carbonyl (C=O) groups is 1. The smallest absolute Gasteiger partial charge is 0.252 e. The number of fused-ring (bicyclic) bond motifs is 1. The van der Waals surface area contributed by atoms with Crippen molar-refractivity contribution >= 4 is 77.2 Å². The summed E-state index contributed by atoms with van der Waals surface area (Å²) in [6.07, 6.45) is 1.24. The van der Waals surface area contributed by atoms with Gasteiger partial charge in [-0.15, -0.1) is 11.3 Å². The summed E-state index contributed by atoms with van der Waals surface area (Å²) < 4.78 is 28.6. The minimum Gasteiger partial charge on any atom is -0.302 e. The molecule has 1 atom stereocenters. The molecule has 1 aliphatic heterocycles. The Balaban J connectivity index is 1.50. The number of piperidine rings is 1. The molecule has 29 heavy (non-hydrogen) atoms. The largest absolute Gasteiger partial charge is 0.302 e. The Kier molecular flexibility index (Phi) is 5.89. The number of thiazole rings is 1. The number of aryl methyl sites for hydroxylation is 1. The topological polar surface area (TPSA) is 79.4 Å². The molecule has 11 heteroatoms. The van der Waals surface area contributed by atoms with Gasteiger partial charge < -0.3 is 5.32 Å². The number of anilines is 1. The number of rotatable bonds is 4. The number of thiophene rings is 1. The van der Waals surface area contributed by atoms with Gasteiger partial charge in [0.25, 0.3) is 10.0 Å². The number of amides is 1. The molecule has 3 heterocycles. The van der Waals surface area contributed by atoms with Crippen molar-refractivity contribution in [2.24, 2.45) is 5.92 Å². The first-order chi connectivity index (χ1) is 13.7. The van der Waals surface area contributed by atoms with Gasteiger partial charge in [0.1, 0.15) is 4.21 Å². The fraction of sp³-hybridized carbons (Fsp3) is 0.333. The van der Waals surface area contributed by atoms with Crippen molar-refractivity contribution in [3.8, 4) is 0 Å². The highest BCUT2D eigenvalue weighted by atomic mass is 35.5. The van der Waals surface area contributed by atoms with E-state index in [2.05, 4.69) is 10.3 Å². The average molecular weight is 490 g/mol. The molecule has 0 spiro atoms. The minimum atomic E-state index is -3.65. The molecule has 0 saturated carbocycles. The van der Waals surface area contributed by atoms with Crippen LogP contribution in [0.15, 0.2) is 28.5 Å². The van der Waals surface area contributed by atoms with Crippen molar-refractivity contribution in [3.05, 3.63) is 39.2 Å². The first-order valence-corrected chi connectivity index (χ1v) is 12.7. The Labute approximate surface area is 186 Å². The first kappa shape index (κ1) is 21.0. The van der Waals surface area contributed by atoms with Crippen LogP contribution in [0.2, 0.25) is 9.36 Å². The number of benzene rings is 1. The monoisotopic (exact) mass is 489 g/mol. The molecule has 0 bridgehead atoms. The third kappa shape index (κ3) is 4.30. The Bertz CT molecular complexity index is 1190. The van der Waals surface area contributed by atoms with Gasteiger partial charge in [0.05, 0.1) is 20.5 Å². The first-order valence-electron chi connectivity index (χ1n) is 8.87. The normalized spacial score (nSPS) is 18.2. The van der Waals surface area contributed by atoms with Crippen molar-refractivity contribution in [2.45, 2.75) is 24.0 Å². The number of carbonyl (C=O) groups excluding carboxylic acids is 1. The van der Waals surface area contributed by atoms with Crippen LogP contribution in [-0.2, 0) is 14.8 Å². The van der Waals surface area contributed by atoms with Crippen LogP contribution in [0.4, 0.5) is 5.13 Å². The number of hydrogen-bond acceptors (Lipinski definition) is 6. The van der Waals surface area contributed by atoms with E-state index in [9.17, 15) is 13.2 Å². The van der Waals surface area contributed by atoms with Crippen LogP contribution in [-0.4, -0.2) is 36.7 Å². The van der Waals surface area contributed by atoms with Crippen LogP contribution in [0.1, 0.15) is 18.4 Å². The summed E-state index contributed by atoms with van der Waals surface area (Å²) in [5.74, 6) is -0.664. The van der Waals surface area contributed by atoms with Gasteiger partial charge >= 0.3 is 0 Å². The fourth-order valence-electron chi connectivity index (χ4n) is 3.35. The number of hydrogen-bond donors (Lipinski definition) is 1. The number of sulfonamides is 1. The number of nitrogens with zero attached hydrogens (tertiary/aromatic N) is 2. The summed E-state index contributed by atoms with van der Waals surface area (Å²) in [6, 6.07) is 6.71. The maximum Gasteiger partial charge on any atom is 0.252 e. The second-order valence-corrected chi connectivity index (χ2v) is 12.2. The molecule has 0 aliphatic carbocycles. The van der Waals surface area contributed by atoms with E-state index < -0.39 is 15.9 Å². The van der Waals surface area contributed by atoms with Crippen LogP contribution in [0.25, 0.3) is 10.2 Å². The van der Waals surface area contributed by atoms with Gasteiger partial charge in [0, 0.05) is 18.1 Å². The summed E-state index contributed by atoms with van der Waals surface area (Å²) in [6.45, 7) is 2.44. The summed E-state index contributed by atoms with van der Waals surface area (Å²) in [4.78, 5) is 17.3. The molecule has 3 aromatic rings. The molecule has 1 saturated heterocycles. The van der Waals surface area contributed by atoms with Gasteiger partial charge in [0.2, 0.25) is 5.91 Å². The van der Waals surface area contributed by atoms with Gasteiger partial charge in [-0.3, -0.25) is 4.79 Å². The van der Waals surface area contributed by atoms with E-state index in [1.807, 2.05) is 19.1 Å². The van der Waals surface area contributed by atoms with Crippen molar-refractivity contribution in [1.82, 2.24) is 9.29 Å². The van der Waals surface area contributed by atoms with Crippen molar-refractivity contribution in [3.63, 3.8) is 0 Å². The molecule has 1 N–H and O–H groups in total. The maximum atomic E-state index is 12.8. The molecule has 1 aromatic carbocycles. The molecule has 0 radical (unpaired) electrons. The van der Waals surface area contributed by atoms with Crippen molar-refractivity contribution < 1.29 is 13.2 Å². The second kappa shape index (κ2) is 8.13. The lowest BCUT2D eigenvalue weighted by molar-refractivity contribution is -0.120. The second-order valence-electron chi connectivity index (χ2n) is 6.84. The minimum absolute atomic E-state index is 0.138. The average Bonchev–Trinajstić information content (AvgIpc) is 3.28. The standard InChI is InChI=1S/C18H17Cl2N3O3S3/c1-10-7-12(19)8-13-16(10)21-18(27-13)22-17(24)11-3-2-6-23(9-11)29(25,26)15-5-4-14(20)28-15/h4-5,7-8,11H,2-3,6,9H2,1H3,(H,21,22,24). The fourth-order valence-corrected chi connectivity index (χ4v) is 7.84. The van der Waals surface area contributed by atoms with Crippen LogP contribution in [0.5, 0.6) is 0 Å². The van der Waals surface area contributed by atoms with E-state index in [4.69, 9.17) is 23.2 Å². The quantitative estimate of drug-likeness (QED) is 0.558. The van der Waals surface area contributed by atoms with Gasteiger partial charge in [-0.2, -0.15) is 4.31 Å². The van der Waals surface area contributed by atoms with Gasteiger partial charge in [-0.05, 0) is 49.6 Å². The third-order valence-corrected chi connectivity index (χ3v) is 9.48. The summed E-state index contributed by atoms with van der Waals surface area (Å²) >= 11 is 14.4. The van der Waals surface area contributed by atoms with Crippen LogP contribution in [0.3, 0.4) is 0 Å². The van der Waals surface area contributed by atoms with E-state index in [0.717, 1.165) is 27.1 Å². The lowest BCUT2D eigenvalue weighted by Gasteiger charge is -2.30. The lowest BCUT2D eigenvalue weighted by Crippen LogP contribution is -2.43.